The Morgan fingerprint density at radius 2 is 2.13 bits per heavy atom. The van der Waals surface area contributed by atoms with Crippen LogP contribution in [0, 0.1) is 5.41 Å². The van der Waals surface area contributed by atoms with Crippen molar-refractivity contribution in [1.82, 2.24) is 10.6 Å². The number of halogens is 1. The molecule has 1 aliphatic rings. The monoisotopic (exact) mass is 236 g/mol. The Bertz CT molecular complexity index is 216. The van der Waals surface area contributed by atoms with Gasteiger partial charge in [0.2, 0.25) is 5.91 Å². The average Bonchev–Trinajstić information content (AvgIpc) is 2.46. The van der Waals surface area contributed by atoms with Gasteiger partial charge in [-0.15, -0.1) is 12.4 Å². The quantitative estimate of drug-likeness (QED) is 0.646. The lowest BCUT2D eigenvalue weighted by Crippen LogP contribution is -2.43. The minimum absolute atomic E-state index is 0. The largest absolute Gasteiger partial charge is 0.392 e. The molecule has 2 unspecified atom stereocenters. The van der Waals surface area contributed by atoms with Crippen molar-refractivity contribution < 1.29 is 9.90 Å². The van der Waals surface area contributed by atoms with Crippen LogP contribution in [0.3, 0.4) is 0 Å². The van der Waals surface area contributed by atoms with E-state index >= 15 is 0 Å². The Morgan fingerprint density at radius 1 is 1.53 bits per heavy atom. The first kappa shape index (κ1) is 14.7. The Labute approximate surface area is 97.2 Å². The first-order chi connectivity index (χ1) is 6.38. The lowest BCUT2D eigenvalue weighted by Gasteiger charge is -2.20. The first-order valence-electron chi connectivity index (χ1n) is 5.08. The maximum Gasteiger partial charge on any atom is 0.237 e. The highest BCUT2D eigenvalue weighted by Crippen LogP contribution is 2.11. The first-order valence-corrected chi connectivity index (χ1v) is 5.08. The third-order valence-corrected chi connectivity index (χ3v) is 2.22. The van der Waals surface area contributed by atoms with E-state index in [1.807, 2.05) is 0 Å². The van der Waals surface area contributed by atoms with Gasteiger partial charge in [0.25, 0.3) is 0 Å². The van der Waals surface area contributed by atoms with E-state index in [0.29, 0.717) is 19.5 Å². The van der Waals surface area contributed by atoms with Crippen LogP contribution in [-0.2, 0) is 4.79 Å². The van der Waals surface area contributed by atoms with E-state index in [0.717, 1.165) is 0 Å². The van der Waals surface area contributed by atoms with Gasteiger partial charge in [-0.05, 0) is 11.8 Å². The van der Waals surface area contributed by atoms with Crippen molar-refractivity contribution in [3.05, 3.63) is 0 Å². The highest BCUT2D eigenvalue weighted by molar-refractivity contribution is 5.85. The van der Waals surface area contributed by atoms with Crippen LogP contribution in [0.15, 0.2) is 0 Å². The number of carbonyl (C=O) groups is 1. The van der Waals surface area contributed by atoms with Gasteiger partial charge in [-0.3, -0.25) is 4.79 Å². The van der Waals surface area contributed by atoms with Crippen LogP contribution in [0.5, 0.6) is 0 Å². The van der Waals surface area contributed by atoms with E-state index in [1.54, 1.807) is 0 Å². The van der Waals surface area contributed by atoms with Gasteiger partial charge in [0.1, 0.15) is 0 Å². The topological polar surface area (TPSA) is 61.4 Å². The number of carbonyl (C=O) groups excluding carboxylic acids is 1. The van der Waals surface area contributed by atoms with Gasteiger partial charge < -0.3 is 15.7 Å². The van der Waals surface area contributed by atoms with E-state index in [-0.39, 0.29) is 35.9 Å². The van der Waals surface area contributed by atoms with E-state index in [1.165, 1.54) is 0 Å². The Hall–Kier alpha value is -0.320. The maximum absolute atomic E-state index is 11.6. The van der Waals surface area contributed by atoms with Crippen LogP contribution in [0.25, 0.3) is 0 Å². The molecule has 0 aromatic heterocycles. The smallest absolute Gasteiger partial charge is 0.237 e. The molecule has 1 fully saturated rings. The zero-order valence-corrected chi connectivity index (χ0v) is 10.4. The summed E-state index contributed by atoms with van der Waals surface area (Å²) in [5.74, 6) is -0.00326. The molecule has 0 radical (unpaired) electrons. The molecule has 2 atom stereocenters. The van der Waals surface area contributed by atoms with Crippen molar-refractivity contribution in [2.24, 2.45) is 5.41 Å². The van der Waals surface area contributed by atoms with Gasteiger partial charge in [0.05, 0.1) is 12.1 Å². The maximum atomic E-state index is 11.6. The zero-order chi connectivity index (χ0) is 10.8. The standard InChI is InChI=1S/C10H20N2O2.ClH/c1-10(2,3)6-12-9(14)8-4-7(13)5-11-8;/h7-8,11,13H,4-6H2,1-3H3,(H,12,14);1H. The van der Waals surface area contributed by atoms with E-state index in [9.17, 15) is 9.90 Å². The van der Waals surface area contributed by atoms with Crippen LogP contribution < -0.4 is 10.6 Å². The molecule has 1 heterocycles. The number of β-amino-alcohol motifs (C(OH)–C–C–N with tert-alkyl or cyclic N) is 1. The second kappa shape index (κ2) is 5.68. The van der Waals surface area contributed by atoms with E-state index < -0.39 is 0 Å². The molecule has 1 aliphatic heterocycles. The summed E-state index contributed by atoms with van der Waals surface area (Å²) < 4.78 is 0. The Kier molecular flexibility index (Phi) is 5.56. The van der Waals surface area contributed by atoms with Crippen molar-refractivity contribution in [1.29, 1.82) is 0 Å². The lowest BCUT2D eigenvalue weighted by atomic mass is 9.97. The molecular weight excluding hydrogens is 216 g/mol. The zero-order valence-electron chi connectivity index (χ0n) is 9.54. The summed E-state index contributed by atoms with van der Waals surface area (Å²) in [6.07, 6.45) is 0.149. The summed E-state index contributed by atoms with van der Waals surface area (Å²) >= 11 is 0. The van der Waals surface area contributed by atoms with Crippen molar-refractivity contribution in [2.75, 3.05) is 13.1 Å². The summed E-state index contributed by atoms with van der Waals surface area (Å²) in [5.41, 5.74) is 0.104. The molecule has 15 heavy (non-hydrogen) atoms. The molecule has 0 aliphatic carbocycles. The van der Waals surface area contributed by atoms with E-state index in [4.69, 9.17) is 0 Å². The predicted octanol–water partition coefficient (Wildman–Crippen LogP) is 0.293. The second-order valence-electron chi connectivity index (χ2n) is 5.13. The molecule has 1 saturated heterocycles. The molecule has 5 heteroatoms. The highest BCUT2D eigenvalue weighted by atomic mass is 35.5. The number of rotatable bonds is 2. The van der Waals surface area contributed by atoms with Gasteiger partial charge in [-0.1, -0.05) is 20.8 Å². The molecule has 0 bridgehead atoms. The third-order valence-electron chi connectivity index (χ3n) is 2.22. The fraction of sp³-hybridized carbons (Fsp3) is 0.900. The third kappa shape index (κ3) is 5.35. The molecule has 0 spiro atoms. The second-order valence-corrected chi connectivity index (χ2v) is 5.13. The molecule has 0 aromatic rings. The van der Waals surface area contributed by atoms with Crippen molar-refractivity contribution in [2.45, 2.75) is 39.3 Å². The number of aliphatic hydroxyl groups is 1. The Morgan fingerprint density at radius 3 is 2.53 bits per heavy atom. The normalized spacial score (nSPS) is 25.9. The molecule has 0 aromatic carbocycles. The highest BCUT2D eigenvalue weighted by Gasteiger charge is 2.28. The van der Waals surface area contributed by atoms with Crippen LogP contribution in [0.1, 0.15) is 27.2 Å². The molecule has 1 rings (SSSR count). The van der Waals surface area contributed by atoms with Crippen molar-refractivity contribution in [3.8, 4) is 0 Å². The van der Waals surface area contributed by atoms with Crippen LogP contribution >= 0.6 is 12.4 Å². The lowest BCUT2D eigenvalue weighted by molar-refractivity contribution is -0.123. The summed E-state index contributed by atoms with van der Waals surface area (Å²) in [6.45, 7) is 7.41. The number of amides is 1. The summed E-state index contributed by atoms with van der Waals surface area (Å²) in [7, 11) is 0. The van der Waals surface area contributed by atoms with Crippen LogP contribution in [-0.4, -0.2) is 36.2 Å². The predicted molar refractivity (Wildman–Crippen MR) is 62.1 cm³/mol. The van der Waals surface area contributed by atoms with Crippen molar-refractivity contribution >= 4 is 18.3 Å². The van der Waals surface area contributed by atoms with Gasteiger partial charge in [-0.25, -0.2) is 0 Å². The summed E-state index contributed by atoms with van der Waals surface area (Å²) in [4.78, 5) is 11.6. The molecule has 4 nitrogen and oxygen atoms in total. The molecule has 90 valence electrons. The molecule has 0 saturated carbocycles. The fourth-order valence-electron chi connectivity index (χ4n) is 1.39. The van der Waals surface area contributed by atoms with Crippen LogP contribution in [0.4, 0.5) is 0 Å². The minimum Gasteiger partial charge on any atom is -0.392 e. The number of hydrogen-bond donors (Lipinski definition) is 3. The van der Waals surface area contributed by atoms with Crippen molar-refractivity contribution in [3.63, 3.8) is 0 Å². The summed E-state index contributed by atoms with van der Waals surface area (Å²) in [6, 6.07) is -0.215. The molecule has 1 amide bonds. The molecular formula is C10H21ClN2O2. The van der Waals surface area contributed by atoms with Crippen LogP contribution in [0.2, 0.25) is 0 Å². The SMILES string of the molecule is CC(C)(C)CNC(=O)C1CC(O)CN1.Cl. The minimum atomic E-state index is -0.375. The van der Waals surface area contributed by atoms with E-state index in [2.05, 4.69) is 31.4 Å². The van der Waals surface area contributed by atoms with Gasteiger partial charge in [0, 0.05) is 13.1 Å². The Balaban J connectivity index is 0.00000196. The fourth-order valence-corrected chi connectivity index (χ4v) is 1.39. The van der Waals surface area contributed by atoms with Gasteiger partial charge in [-0.2, -0.15) is 0 Å². The number of aliphatic hydroxyl groups excluding tert-OH is 1. The number of nitrogens with one attached hydrogen (secondary N) is 2. The number of hydrogen-bond acceptors (Lipinski definition) is 3. The average molecular weight is 237 g/mol. The van der Waals surface area contributed by atoms with Gasteiger partial charge in [0.15, 0.2) is 0 Å². The van der Waals surface area contributed by atoms with Gasteiger partial charge >= 0.3 is 0 Å². The molecule has 3 N–H and O–H groups in total. The summed E-state index contributed by atoms with van der Waals surface area (Å²) in [5, 5.41) is 15.1.